The third kappa shape index (κ3) is 4.38. The van der Waals surface area contributed by atoms with E-state index in [0.29, 0.717) is 6.61 Å². The summed E-state index contributed by atoms with van der Waals surface area (Å²) in [6.45, 7) is 6.03. The lowest BCUT2D eigenvalue weighted by Gasteiger charge is -2.25. The van der Waals surface area contributed by atoms with Gasteiger partial charge < -0.3 is 14.8 Å². The maximum absolute atomic E-state index is 12.5. The van der Waals surface area contributed by atoms with Gasteiger partial charge in [0.25, 0.3) is 0 Å². The SMILES string of the molecule is C=C[C@H](c1ccccc1)[C@@H](Nc1ccc(OC)cc1)C(=O)OCC. The minimum Gasteiger partial charge on any atom is -0.497 e. The summed E-state index contributed by atoms with van der Waals surface area (Å²) in [6, 6.07) is 16.7. The molecule has 0 heterocycles. The van der Waals surface area contributed by atoms with E-state index in [-0.39, 0.29) is 11.9 Å². The van der Waals surface area contributed by atoms with Crippen LogP contribution in [0.3, 0.4) is 0 Å². The van der Waals surface area contributed by atoms with E-state index in [4.69, 9.17) is 9.47 Å². The second-order valence-corrected chi connectivity index (χ2v) is 5.27. The minimum atomic E-state index is -0.557. The Balaban J connectivity index is 2.28. The Morgan fingerprint density at radius 1 is 1.17 bits per heavy atom. The molecule has 0 radical (unpaired) electrons. The number of carbonyl (C=O) groups is 1. The van der Waals surface area contributed by atoms with Crippen LogP contribution in [0.15, 0.2) is 67.3 Å². The summed E-state index contributed by atoms with van der Waals surface area (Å²) in [7, 11) is 1.62. The predicted molar refractivity (Wildman–Crippen MR) is 96.4 cm³/mol. The fraction of sp³-hybridized carbons (Fsp3) is 0.250. The van der Waals surface area contributed by atoms with Gasteiger partial charge in [0.15, 0.2) is 0 Å². The van der Waals surface area contributed by atoms with Crippen LogP contribution in [-0.4, -0.2) is 25.7 Å². The monoisotopic (exact) mass is 325 g/mol. The van der Waals surface area contributed by atoms with Crippen molar-refractivity contribution in [2.45, 2.75) is 18.9 Å². The molecule has 0 fully saturated rings. The van der Waals surface area contributed by atoms with Gasteiger partial charge in [0.2, 0.25) is 0 Å². The highest BCUT2D eigenvalue weighted by Gasteiger charge is 2.28. The largest absolute Gasteiger partial charge is 0.497 e. The summed E-state index contributed by atoms with van der Waals surface area (Å²) in [5.74, 6) is 0.256. The number of methoxy groups -OCH3 is 1. The van der Waals surface area contributed by atoms with Gasteiger partial charge in [-0.25, -0.2) is 4.79 Å². The van der Waals surface area contributed by atoms with Crippen LogP contribution in [0.25, 0.3) is 0 Å². The lowest BCUT2D eigenvalue weighted by atomic mass is 9.91. The van der Waals surface area contributed by atoms with Crippen molar-refractivity contribution in [3.8, 4) is 5.75 Å². The van der Waals surface area contributed by atoms with Crippen molar-refractivity contribution in [1.29, 1.82) is 0 Å². The fourth-order valence-corrected chi connectivity index (χ4v) is 2.53. The molecular weight excluding hydrogens is 302 g/mol. The molecule has 0 aliphatic rings. The van der Waals surface area contributed by atoms with E-state index >= 15 is 0 Å². The van der Waals surface area contributed by atoms with Crippen molar-refractivity contribution in [2.24, 2.45) is 0 Å². The van der Waals surface area contributed by atoms with Gasteiger partial charge in [-0.05, 0) is 36.8 Å². The molecule has 0 aliphatic carbocycles. The smallest absolute Gasteiger partial charge is 0.329 e. The fourth-order valence-electron chi connectivity index (χ4n) is 2.53. The first-order valence-electron chi connectivity index (χ1n) is 7.94. The average Bonchev–Trinajstić information content (AvgIpc) is 2.63. The number of ether oxygens (including phenoxy) is 2. The topological polar surface area (TPSA) is 47.6 Å². The normalized spacial score (nSPS) is 12.8. The van der Waals surface area contributed by atoms with Crippen molar-refractivity contribution in [3.05, 3.63) is 72.8 Å². The second kappa shape index (κ2) is 8.77. The first kappa shape index (κ1) is 17.6. The van der Waals surface area contributed by atoms with Gasteiger partial charge in [-0.2, -0.15) is 0 Å². The van der Waals surface area contributed by atoms with Crippen molar-refractivity contribution >= 4 is 11.7 Å². The third-order valence-corrected chi connectivity index (χ3v) is 3.75. The number of carbonyl (C=O) groups excluding carboxylic acids is 1. The first-order valence-corrected chi connectivity index (χ1v) is 7.94. The van der Waals surface area contributed by atoms with Gasteiger partial charge in [-0.1, -0.05) is 36.4 Å². The number of benzene rings is 2. The van der Waals surface area contributed by atoms with Crippen LogP contribution in [0.4, 0.5) is 5.69 Å². The standard InChI is InChI=1S/C20H23NO3/c1-4-18(15-9-7-6-8-10-15)19(20(22)24-5-2)21-16-11-13-17(23-3)14-12-16/h4,6-14,18-19,21H,1,5H2,2-3H3/t18-,19-/m1/s1. The molecule has 1 N–H and O–H groups in total. The maximum atomic E-state index is 12.5. The van der Waals surface area contributed by atoms with E-state index in [2.05, 4.69) is 11.9 Å². The highest BCUT2D eigenvalue weighted by molar-refractivity contribution is 5.81. The van der Waals surface area contributed by atoms with Crippen LogP contribution in [-0.2, 0) is 9.53 Å². The molecule has 2 aromatic rings. The zero-order valence-electron chi connectivity index (χ0n) is 14.1. The van der Waals surface area contributed by atoms with Gasteiger partial charge in [-0.3, -0.25) is 0 Å². The summed E-state index contributed by atoms with van der Waals surface area (Å²) < 4.78 is 10.4. The maximum Gasteiger partial charge on any atom is 0.329 e. The third-order valence-electron chi connectivity index (χ3n) is 3.75. The zero-order chi connectivity index (χ0) is 17.4. The van der Waals surface area contributed by atoms with E-state index in [9.17, 15) is 4.79 Å². The second-order valence-electron chi connectivity index (χ2n) is 5.27. The lowest BCUT2D eigenvalue weighted by molar-refractivity contribution is -0.144. The molecule has 2 atom stereocenters. The number of hydrogen-bond donors (Lipinski definition) is 1. The van der Waals surface area contributed by atoms with Gasteiger partial charge in [0.1, 0.15) is 11.8 Å². The Morgan fingerprint density at radius 3 is 2.38 bits per heavy atom. The Bertz CT molecular complexity index is 652. The number of rotatable bonds is 8. The molecule has 0 aromatic heterocycles. The van der Waals surface area contributed by atoms with Crippen LogP contribution in [0, 0.1) is 0 Å². The van der Waals surface area contributed by atoms with E-state index in [0.717, 1.165) is 17.0 Å². The van der Waals surface area contributed by atoms with Crippen LogP contribution in [0.5, 0.6) is 5.75 Å². The zero-order valence-corrected chi connectivity index (χ0v) is 14.1. The number of hydrogen-bond acceptors (Lipinski definition) is 4. The molecule has 4 nitrogen and oxygen atoms in total. The van der Waals surface area contributed by atoms with Crippen LogP contribution in [0.2, 0.25) is 0 Å². The van der Waals surface area contributed by atoms with Gasteiger partial charge in [0.05, 0.1) is 13.7 Å². The minimum absolute atomic E-state index is 0.202. The average molecular weight is 325 g/mol. The summed E-state index contributed by atoms with van der Waals surface area (Å²) in [4.78, 5) is 12.5. The van der Waals surface area contributed by atoms with Crippen molar-refractivity contribution in [1.82, 2.24) is 0 Å². The number of esters is 1. The molecule has 4 heteroatoms. The molecule has 0 unspecified atom stereocenters. The van der Waals surface area contributed by atoms with Crippen molar-refractivity contribution < 1.29 is 14.3 Å². The van der Waals surface area contributed by atoms with E-state index in [1.54, 1.807) is 20.1 Å². The summed E-state index contributed by atoms with van der Waals surface area (Å²) in [5, 5.41) is 3.26. The van der Waals surface area contributed by atoms with Crippen molar-refractivity contribution in [2.75, 3.05) is 19.0 Å². The molecule has 24 heavy (non-hydrogen) atoms. The van der Waals surface area contributed by atoms with E-state index < -0.39 is 6.04 Å². The molecule has 0 saturated carbocycles. The molecule has 0 saturated heterocycles. The molecular formula is C20H23NO3. The Hall–Kier alpha value is -2.75. The molecule has 0 bridgehead atoms. The number of anilines is 1. The Morgan fingerprint density at radius 2 is 1.83 bits per heavy atom. The Labute approximate surface area is 143 Å². The van der Waals surface area contributed by atoms with Gasteiger partial charge in [0, 0.05) is 11.6 Å². The van der Waals surface area contributed by atoms with Crippen molar-refractivity contribution in [3.63, 3.8) is 0 Å². The molecule has 0 spiro atoms. The Kier molecular flexibility index (Phi) is 6.43. The van der Waals surface area contributed by atoms with E-state index in [1.807, 2.05) is 54.6 Å². The molecule has 0 aliphatic heterocycles. The summed E-state index contributed by atoms with van der Waals surface area (Å²) in [5.41, 5.74) is 1.82. The van der Waals surface area contributed by atoms with Crippen LogP contribution >= 0.6 is 0 Å². The van der Waals surface area contributed by atoms with Gasteiger partial charge >= 0.3 is 5.97 Å². The molecule has 0 amide bonds. The van der Waals surface area contributed by atoms with Crippen LogP contribution in [0.1, 0.15) is 18.4 Å². The summed E-state index contributed by atoms with van der Waals surface area (Å²) in [6.07, 6.45) is 1.77. The summed E-state index contributed by atoms with van der Waals surface area (Å²) >= 11 is 0. The quantitative estimate of drug-likeness (QED) is 0.588. The number of nitrogens with one attached hydrogen (secondary N) is 1. The van der Waals surface area contributed by atoms with Crippen LogP contribution < -0.4 is 10.1 Å². The lowest BCUT2D eigenvalue weighted by Crippen LogP contribution is -2.36. The predicted octanol–water partition coefficient (Wildman–Crippen LogP) is 4.01. The molecule has 2 rings (SSSR count). The first-order chi connectivity index (χ1) is 11.7. The molecule has 126 valence electrons. The molecule has 2 aromatic carbocycles. The highest BCUT2D eigenvalue weighted by atomic mass is 16.5. The van der Waals surface area contributed by atoms with E-state index in [1.165, 1.54) is 0 Å². The highest BCUT2D eigenvalue weighted by Crippen LogP contribution is 2.26. The van der Waals surface area contributed by atoms with Gasteiger partial charge in [-0.15, -0.1) is 6.58 Å².